The van der Waals surface area contributed by atoms with Crippen molar-refractivity contribution in [2.45, 2.75) is 11.6 Å². The number of ether oxygens (including phenoxy) is 2. The number of furan rings is 1. The molecule has 0 aliphatic carbocycles. The third-order valence-electron chi connectivity index (χ3n) is 4.98. The molecule has 2 aromatic heterocycles. The SMILES string of the molecule is COc1ccc(CCNC(=O)CSc2nnc(-c3ccco3)n2-c2ccccc2Cl)cc1OC. The van der Waals surface area contributed by atoms with Gasteiger partial charge in [-0.25, -0.2) is 0 Å². The molecule has 4 rings (SSSR count). The van der Waals surface area contributed by atoms with Crippen LogP contribution in [0.5, 0.6) is 11.5 Å². The second kappa shape index (κ2) is 11.1. The molecule has 0 unspecified atom stereocenters. The lowest BCUT2D eigenvalue weighted by atomic mass is 10.1. The van der Waals surface area contributed by atoms with E-state index in [0.717, 1.165) is 5.56 Å². The highest BCUT2D eigenvalue weighted by Crippen LogP contribution is 2.31. The molecule has 8 nitrogen and oxygen atoms in total. The van der Waals surface area contributed by atoms with E-state index in [9.17, 15) is 4.79 Å². The van der Waals surface area contributed by atoms with Gasteiger partial charge in [0, 0.05) is 6.54 Å². The molecule has 0 atom stereocenters. The van der Waals surface area contributed by atoms with Gasteiger partial charge in [-0.2, -0.15) is 0 Å². The molecule has 10 heteroatoms. The van der Waals surface area contributed by atoms with Crippen LogP contribution >= 0.6 is 23.4 Å². The second-order valence-corrected chi connectivity index (χ2v) is 8.50. The van der Waals surface area contributed by atoms with Crippen molar-refractivity contribution < 1.29 is 18.7 Å². The number of benzene rings is 2. The normalized spacial score (nSPS) is 10.8. The molecule has 4 aromatic rings. The summed E-state index contributed by atoms with van der Waals surface area (Å²) >= 11 is 7.71. The first-order valence-corrected chi connectivity index (χ1v) is 11.8. The number of nitrogens with zero attached hydrogens (tertiary/aromatic N) is 3. The number of halogens is 1. The zero-order chi connectivity index (χ0) is 23.9. The molecule has 34 heavy (non-hydrogen) atoms. The predicted octanol–water partition coefficient (Wildman–Crippen LogP) is 4.65. The molecule has 1 N–H and O–H groups in total. The van der Waals surface area contributed by atoms with Gasteiger partial charge >= 0.3 is 0 Å². The van der Waals surface area contributed by atoms with Crippen LogP contribution in [-0.2, 0) is 11.2 Å². The number of amides is 1. The number of carbonyl (C=O) groups is 1. The zero-order valence-corrected chi connectivity index (χ0v) is 20.2. The van der Waals surface area contributed by atoms with Crippen LogP contribution in [-0.4, -0.2) is 47.2 Å². The summed E-state index contributed by atoms with van der Waals surface area (Å²) in [6.45, 7) is 0.490. The van der Waals surface area contributed by atoms with Crippen LogP contribution in [0.2, 0.25) is 5.02 Å². The number of carbonyl (C=O) groups excluding carboxylic acids is 1. The molecule has 0 spiro atoms. The molecule has 1 amide bonds. The van der Waals surface area contributed by atoms with Gasteiger partial charge in [-0.1, -0.05) is 41.6 Å². The molecule has 176 valence electrons. The second-order valence-electron chi connectivity index (χ2n) is 7.15. The monoisotopic (exact) mass is 498 g/mol. The van der Waals surface area contributed by atoms with E-state index in [1.165, 1.54) is 11.8 Å². The fourth-order valence-electron chi connectivity index (χ4n) is 3.34. The van der Waals surface area contributed by atoms with E-state index in [1.54, 1.807) is 43.2 Å². The van der Waals surface area contributed by atoms with Crippen molar-refractivity contribution in [1.82, 2.24) is 20.1 Å². The molecule has 2 heterocycles. The number of methoxy groups -OCH3 is 2. The number of rotatable bonds is 10. The Morgan fingerprint density at radius 3 is 2.65 bits per heavy atom. The van der Waals surface area contributed by atoms with Gasteiger partial charge in [-0.3, -0.25) is 9.36 Å². The molecular formula is C24H23ClN4O4S. The Labute approximate surface area is 206 Å². The van der Waals surface area contributed by atoms with Crippen LogP contribution in [0, 0.1) is 0 Å². The Morgan fingerprint density at radius 1 is 1.09 bits per heavy atom. The molecule has 0 saturated heterocycles. The predicted molar refractivity (Wildman–Crippen MR) is 131 cm³/mol. The van der Waals surface area contributed by atoms with Crippen LogP contribution in [0.3, 0.4) is 0 Å². The summed E-state index contributed by atoms with van der Waals surface area (Å²) in [6.07, 6.45) is 2.23. The van der Waals surface area contributed by atoms with Crippen LogP contribution in [0.25, 0.3) is 17.3 Å². The maximum atomic E-state index is 12.5. The highest BCUT2D eigenvalue weighted by Gasteiger charge is 2.20. The fraction of sp³-hybridized carbons (Fsp3) is 0.208. The summed E-state index contributed by atoms with van der Waals surface area (Å²) in [5, 5.41) is 12.6. The van der Waals surface area contributed by atoms with Crippen molar-refractivity contribution >= 4 is 29.3 Å². The molecule has 0 bridgehead atoms. The number of hydrogen-bond donors (Lipinski definition) is 1. The van der Waals surface area contributed by atoms with Gasteiger partial charge in [0.2, 0.25) is 11.7 Å². The van der Waals surface area contributed by atoms with Crippen LogP contribution in [0.15, 0.2) is 70.4 Å². The summed E-state index contributed by atoms with van der Waals surface area (Å²) in [7, 11) is 3.19. The number of nitrogens with one attached hydrogen (secondary N) is 1. The lowest BCUT2D eigenvalue weighted by molar-refractivity contribution is -0.118. The number of aromatic nitrogens is 3. The molecular weight excluding hydrogens is 476 g/mol. The topological polar surface area (TPSA) is 91.4 Å². The van der Waals surface area contributed by atoms with E-state index >= 15 is 0 Å². The quantitative estimate of drug-likeness (QED) is 0.318. The largest absolute Gasteiger partial charge is 0.493 e. The standard InChI is InChI=1S/C24H23ClN4O4S/c1-31-19-10-9-16(14-21(19)32-2)11-12-26-22(30)15-34-24-28-27-23(20-8-5-13-33-20)29(24)18-7-4-3-6-17(18)25/h3-10,13-14H,11-12,15H2,1-2H3,(H,26,30). The minimum atomic E-state index is -0.112. The summed E-state index contributed by atoms with van der Waals surface area (Å²) in [5.74, 6) is 2.45. The molecule has 0 saturated carbocycles. The minimum absolute atomic E-state index is 0.112. The van der Waals surface area contributed by atoms with Gasteiger partial charge in [0.15, 0.2) is 22.4 Å². The first-order valence-electron chi connectivity index (χ1n) is 10.4. The zero-order valence-electron chi connectivity index (χ0n) is 18.7. The third kappa shape index (κ3) is 5.37. The molecule has 0 fully saturated rings. The third-order valence-corrected chi connectivity index (χ3v) is 6.23. The lowest BCUT2D eigenvalue weighted by Crippen LogP contribution is -2.27. The van der Waals surface area contributed by atoms with Crippen molar-refractivity contribution in [3.63, 3.8) is 0 Å². The van der Waals surface area contributed by atoms with Gasteiger partial charge in [0.05, 0.1) is 36.9 Å². The summed E-state index contributed by atoms with van der Waals surface area (Å²) in [5.41, 5.74) is 1.74. The minimum Gasteiger partial charge on any atom is -0.493 e. The Bertz CT molecular complexity index is 1260. The highest BCUT2D eigenvalue weighted by molar-refractivity contribution is 7.99. The molecule has 0 aliphatic rings. The maximum Gasteiger partial charge on any atom is 0.230 e. The van der Waals surface area contributed by atoms with E-state index in [-0.39, 0.29) is 11.7 Å². The lowest BCUT2D eigenvalue weighted by Gasteiger charge is -2.11. The van der Waals surface area contributed by atoms with Crippen molar-refractivity contribution in [2.24, 2.45) is 0 Å². The van der Waals surface area contributed by atoms with Crippen LogP contribution in [0.1, 0.15) is 5.56 Å². The number of para-hydroxylation sites is 1. The van der Waals surface area contributed by atoms with E-state index < -0.39 is 0 Å². The van der Waals surface area contributed by atoms with Crippen molar-refractivity contribution in [1.29, 1.82) is 0 Å². The Morgan fingerprint density at radius 2 is 1.91 bits per heavy atom. The summed E-state index contributed by atoms with van der Waals surface area (Å²) in [4.78, 5) is 12.5. The molecule has 2 aromatic carbocycles. The molecule has 0 radical (unpaired) electrons. The van der Waals surface area contributed by atoms with Gasteiger partial charge in [-0.15, -0.1) is 10.2 Å². The van der Waals surface area contributed by atoms with E-state index in [4.69, 9.17) is 25.5 Å². The Hall–Kier alpha value is -3.43. The van der Waals surface area contributed by atoms with Gasteiger partial charge in [0.25, 0.3) is 0 Å². The molecule has 0 aliphatic heterocycles. The first kappa shape index (κ1) is 23.7. The Kier molecular flexibility index (Phi) is 7.76. The van der Waals surface area contributed by atoms with Crippen LogP contribution < -0.4 is 14.8 Å². The average Bonchev–Trinajstić information content (AvgIpc) is 3.53. The van der Waals surface area contributed by atoms with Crippen molar-refractivity contribution in [3.05, 3.63) is 71.4 Å². The van der Waals surface area contributed by atoms with E-state index in [1.807, 2.05) is 36.4 Å². The number of hydrogen-bond acceptors (Lipinski definition) is 7. The van der Waals surface area contributed by atoms with E-state index in [2.05, 4.69) is 15.5 Å². The smallest absolute Gasteiger partial charge is 0.230 e. The van der Waals surface area contributed by atoms with Crippen LogP contribution in [0.4, 0.5) is 0 Å². The maximum absolute atomic E-state index is 12.5. The first-order chi connectivity index (χ1) is 16.6. The van der Waals surface area contributed by atoms with Gasteiger partial charge < -0.3 is 19.2 Å². The fourth-order valence-corrected chi connectivity index (χ4v) is 4.34. The number of thioether (sulfide) groups is 1. The Balaban J connectivity index is 1.41. The van der Waals surface area contributed by atoms with E-state index in [0.29, 0.717) is 51.9 Å². The van der Waals surface area contributed by atoms with Crippen molar-refractivity contribution in [2.75, 3.05) is 26.5 Å². The highest BCUT2D eigenvalue weighted by atomic mass is 35.5. The van der Waals surface area contributed by atoms with Gasteiger partial charge in [-0.05, 0) is 48.4 Å². The summed E-state index contributed by atoms with van der Waals surface area (Å²) < 4.78 is 17.9. The van der Waals surface area contributed by atoms with Gasteiger partial charge in [0.1, 0.15) is 0 Å². The summed E-state index contributed by atoms with van der Waals surface area (Å²) in [6, 6.07) is 16.7. The average molecular weight is 499 g/mol. The van der Waals surface area contributed by atoms with Crippen molar-refractivity contribution in [3.8, 4) is 28.8 Å².